The first-order chi connectivity index (χ1) is 68.0. The molecule has 15 aromatic heterocycles. The topological polar surface area (TPSA) is 383 Å². The molecular weight excluding hydrogens is 1890 g/mol. The summed E-state index contributed by atoms with van der Waals surface area (Å²) in [6, 6.07) is 21.3. The Kier molecular flexibility index (Phi) is 29.3. The lowest BCUT2D eigenvalue weighted by atomic mass is 9.91. The van der Waals surface area contributed by atoms with E-state index in [-0.39, 0.29) is 0 Å². The van der Waals surface area contributed by atoms with Crippen LogP contribution in [0.1, 0.15) is 121 Å². The second kappa shape index (κ2) is 41.4. The van der Waals surface area contributed by atoms with Gasteiger partial charge in [0.15, 0.2) is 20.6 Å². The molecule has 0 aliphatic carbocycles. The van der Waals surface area contributed by atoms with E-state index in [0.717, 1.165) is 280 Å². The molecule has 1 aliphatic rings. The van der Waals surface area contributed by atoms with E-state index in [1.54, 1.807) is 81.9 Å². The van der Waals surface area contributed by atoms with Gasteiger partial charge >= 0.3 is 0 Å². The van der Waals surface area contributed by atoms with Crippen LogP contribution in [-0.2, 0) is 55.8 Å². The van der Waals surface area contributed by atoms with Gasteiger partial charge in [0.05, 0.1) is 115 Å². The highest BCUT2D eigenvalue weighted by molar-refractivity contribution is 7.98. The zero-order chi connectivity index (χ0) is 103. The number of halogens is 1. The number of H-pyrrole nitrogens is 1. The highest BCUT2D eigenvalue weighted by atomic mass is 32.2. The Morgan fingerprint density at radius 1 is 0.408 bits per heavy atom. The molecule has 6 N–H and O–H groups in total. The standard InChI is InChI=1S/2C20H23N5OS.C19H21N5OS.C19H20N4OS.C17H21N5O.C7H6N4S.CH3F/c1-10-17(12(3)25(6)22-10)15-8-14(18-11(2)23-26-13(18)4)9-16-19(15)21-20(27-7)24(16)5;1-10-17(12(3)25(6)22-10)15-8-14(18-11(2)23-26-13(18)4)9-16-19(15)24(5)20(21-16)27-7;1-9-16(11(3)24(5)22-9)14-7-13(17-10(2)23-25-12(17)4)8-15-18(14)21-19(20-15)26-6;1-9-18(11(3)23(5)21-9)15-6-13(19-10(2)22-24-12(19)4)7-16-14(15)8-17(25)20-16;1-8-15(10(3)22(5)20-8)13-6-12(7-14(18)17(13)19)16-9(2)21-23-11(16)4;12-7(10-3-1-8-5-10)11-4-2-9-6-11;1-2/h2*8-9H,1-7H3;7-8H,1-6H3,(H,20,21);6-7H,8H2,1-5H3,(H,20,25);6-7H,18-19H2,1-5H3;1-6H;1H3/i;;;;;;1D. The Labute approximate surface area is 847 Å². The van der Waals surface area contributed by atoms with Gasteiger partial charge < -0.3 is 53.5 Å². The summed E-state index contributed by atoms with van der Waals surface area (Å²) in [4.78, 5) is 26.6. The molecule has 1 aliphatic heterocycles. The molecule has 39 heteroatoms. The van der Waals surface area contributed by atoms with Crippen LogP contribution in [0, 0.1) is 138 Å². The molecule has 0 saturated heterocycles. The molecule has 736 valence electrons. The number of nitrogen functional groups attached to an aromatic ring is 2. The van der Waals surface area contributed by atoms with Gasteiger partial charge in [-0.15, -0.1) is 0 Å². The third kappa shape index (κ3) is 19.2. The summed E-state index contributed by atoms with van der Waals surface area (Å²) < 4.78 is 59.7. The maximum atomic E-state index is 9.96. The SMILES string of the molecule is CSc1nc2c(-c3c(C)nn(C)c3C)cc(-c3c(C)noc3C)cc2[nH]1.CSc1nc2c(-c3c(C)nn(C)c3C)cc(-c3c(C)noc3C)cc2n1C.CSc1nc2cc(-c3c(C)noc3C)cc(-c3c(C)nn(C)c3C)c2n1C.Cc1noc(C)c1-c1cc(N)c(N)c(-c2c(C)nn(C)c2C)c1.Cc1noc(C)c1-c1cc2c(c(-c3c(C)nn(C)c3C)c1)CC(=S)N2.S=C(n1ccnc1)n1ccnc1.[2H]CF. The van der Waals surface area contributed by atoms with Crippen molar-refractivity contribution < 1.29 is 28.4 Å². The van der Waals surface area contributed by atoms with E-state index in [0.29, 0.717) is 16.5 Å². The number of hydrogen-bond donors (Lipinski definition) is 4. The number of benzene rings is 5. The Morgan fingerprint density at radius 3 is 1.14 bits per heavy atom. The van der Waals surface area contributed by atoms with Crippen LogP contribution >= 0.6 is 59.7 Å². The highest BCUT2D eigenvalue weighted by Crippen LogP contribution is 2.48. The predicted octanol–water partition coefficient (Wildman–Crippen LogP) is 22.5. The van der Waals surface area contributed by atoms with E-state index in [1.807, 2.05) is 167 Å². The molecule has 0 saturated carbocycles. The van der Waals surface area contributed by atoms with Crippen molar-refractivity contribution in [3.8, 4) is 111 Å². The Hall–Kier alpha value is -14.4. The quantitative estimate of drug-likeness (QED) is 0.0473. The van der Waals surface area contributed by atoms with Gasteiger partial charge in [-0.1, -0.05) is 73.3 Å². The summed E-state index contributed by atoms with van der Waals surface area (Å²) in [5, 5.41) is 50.3. The minimum absolute atomic E-state index is 0.542. The molecule has 0 bridgehead atoms. The minimum Gasteiger partial charge on any atom is -0.397 e. The number of anilines is 3. The lowest BCUT2D eigenvalue weighted by Gasteiger charge is -2.12. The van der Waals surface area contributed by atoms with Gasteiger partial charge in [0, 0.05) is 193 Å². The van der Waals surface area contributed by atoms with E-state index in [9.17, 15) is 4.39 Å². The van der Waals surface area contributed by atoms with Gasteiger partial charge in [-0.3, -0.25) is 36.9 Å². The number of nitrogens with one attached hydrogen (secondary N) is 2. The first kappa shape index (κ1) is 101. The summed E-state index contributed by atoms with van der Waals surface area (Å²) in [5.74, 6) is 4.04. The van der Waals surface area contributed by atoms with Gasteiger partial charge in [-0.25, -0.2) is 24.9 Å². The first-order valence-electron chi connectivity index (χ1n) is 46.1. The zero-order valence-corrected chi connectivity index (χ0v) is 89.6. The minimum atomic E-state index is -1.00. The average molecular weight is 2010 g/mol. The third-order valence-electron chi connectivity index (χ3n) is 26.0. The number of nitrogens with zero attached hydrogens (tertiary/aromatic N) is 24. The van der Waals surface area contributed by atoms with Crippen molar-refractivity contribution in [3.63, 3.8) is 0 Å². The van der Waals surface area contributed by atoms with Crippen LogP contribution in [0.2, 0.25) is 0 Å². The number of fused-ring (bicyclic) bond motifs is 4. The van der Waals surface area contributed by atoms with Crippen LogP contribution in [0.25, 0.3) is 144 Å². The van der Waals surface area contributed by atoms with Crippen LogP contribution in [0.5, 0.6) is 0 Å². The molecule has 16 heterocycles. The van der Waals surface area contributed by atoms with Gasteiger partial charge in [0.1, 0.15) is 41.5 Å². The van der Waals surface area contributed by atoms with Crippen molar-refractivity contribution in [3.05, 3.63) is 218 Å². The lowest BCUT2D eigenvalue weighted by Crippen LogP contribution is -2.15. The van der Waals surface area contributed by atoms with Crippen LogP contribution < -0.4 is 16.8 Å². The summed E-state index contributed by atoms with van der Waals surface area (Å²) in [6.07, 6.45) is 17.2. The number of alkyl halides is 1. The third-order valence-corrected chi connectivity index (χ3v) is 28.7. The summed E-state index contributed by atoms with van der Waals surface area (Å²) in [5.41, 5.74) is 58.3. The predicted molar refractivity (Wildman–Crippen MR) is 573 cm³/mol. The maximum absolute atomic E-state index is 9.96. The maximum Gasteiger partial charge on any atom is 0.190 e. The number of aromatic amines is 1. The van der Waals surface area contributed by atoms with Crippen molar-refractivity contribution >= 4 is 120 Å². The highest BCUT2D eigenvalue weighted by Gasteiger charge is 2.31. The molecule has 21 rings (SSSR count). The number of aryl methyl sites for hydroxylation is 22. The number of aromatic nitrogens is 25. The molecule has 5 aromatic carbocycles. The number of imidazole rings is 5. The Morgan fingerprint density at radius 2 is 0.761 bits per heavy atom. The first-order valence-corrected chi connectivity index (χ1v) is 49.9. The molecule has 0 amide bonds. The number of thiocarbonyl (C=S) groups is 2. The van der Waals surface area contributed by atoms with Gasteiger partial charge in [-0.05, 0) is 269 Å². The second-order valence-corrected chi connectivity index (χ2v) is 38.3. The van der Waals surface area contributed by atoms with Crippen molar-refractivity contribution in [2.24, 2.45) is 49.3 Å². The fourth-order valence-corrected chi connectivity index (χ4v) is 21.0. The monoisotopic (exact) mass is 2010 g/mol. The van der Waals surface area contributed by atoms with Gasteiger partial charge in [0.2, 0.25) is 0 Å². The molecule has 0 unspecified atom stereocenters. The average Bonchev–Trinajstić information content (AvgIpc) is 1.61. The van der Waals surface area contributed by atoms with E-state index in [1.165, 1.54) is 16.7 Å². The largest absolute Gasteiger partial charge is 0.397 e. The van der Waals surface area contributed by atoms with Crippen molar-refractivity contribution in [1.29, 1.82) is 0 Å². The Bertz CT molecular complexity index is 8100. The van der Waals surface area contributed by atoms with Crippen molar-refractivity contribution in [2.75, 3.05) is 42.7 Å². The summed E-state index contributed by atoms with van der Waals surface area (Å²) in [6.45, 7) is 40.1. The number of hydrogen-bond acceptors (Lipinski definition) is 27. The normalized spacial score (nSPS) is 11.7. The van der Waals surface area contributed by atoms with Gasteiger partial charge in [0.25, 0.3) is 0 Å². The molecule has 0 fully saturated rings. The number of nitrogens with two attached hydrogens (primary N) is 2. The second-order valence-electron chi connectivity index (χ2n) is 35.1. The molecule has 33 nitrogen and oxygen atoms in total. The molecular formula is C103H117FN28O5S5. The van der Waals surface area contributed by atoms with E-state index >= 15 is 0 Å². The number of rotatable bonds is 13. The van der Waals surface area contributed by atoms with Crippen LogP contribution in [0.4, 0.5) is 21.5 Å². The van der Waals surface area contributed by atoms with E-state index < -0.39 is 7.15 Å². The fraction of sp³-hybridized carbons (Fsp3) is 0.311. The lowest BCUT2D eigenvalue weighted by molar-refractivity contribution is 0.393. The molecule has 142 heavy (non-hydrogen) atoms. The molecule has 20 aromatic rings. The number of thioether (sulfide) groups is 3. The fourth-order valence-electron chi connectivity index (χ4n) is 19.1. The van der Waals surface area contributed by atoms with Crippen LogP contribution in [-0.4, -0.2) is 159 Å². The molecule has 0 atom stereocenters. The van der Waals surface area contributed by atoms with Crippen LogP contribution in [0.15, 0.2) is 136 Å². The van der Waals surface area contributed by atoms with Gasteiger partial charge in [-0.2, -0.15) is 25.5 Å². The van der Waals surface area contributed by atoms with E-state index in [2.05, 4.69) is 204 Å². The van der Waals surface area contributed by atoms with E-state index in [4.69, 9.17) is 74.8 Å². The zero-order valence-electron chi connectivity index (χ0n) is 86.5. The Balaban J connectivity index is 0.000000130. The summed E-state index contributed by atoms with van der Waals surface area (Å²) in [7, 11) is 13.0. The summed E-state index contributed by atoms with van der Waals surface area (Å²) >= 11 is 15.5. The molecule has 0 spiro atoms. The smallest absolute Gasteiger partial charge is 0.190 e. The van der Waals surface area contributed by atoms with Crippen molar-refractivity contribution in [2.45, 2.75) is 160 Å². The molecule has 0 radical (unpaired) electrons. The van der Waals surface area contributed by atoms with Crippen LogP contribution in [0.3, 0.4) is 0 Å². The van der Waals surface area contributed by atoms with Crippen molar-refractivity contribution in [1.82, 2.24) is 123 Å².